The molecule has 0 N–H and O–H groups in total. The van der Waals surface area contributed by atoms with Gasteiger partial charge < -0.3 is 4.90 Å². The summed E-state index contributed by atoms with van der Waals surface area (Å²) in [4.78, 5) is 59.0. The molecule has 2 aliphatic heterocycles. The molecular formula is C30H26IN3O4. The zero-order chi connectivity index (χ0) is 26.4. The number of amides is 4. The highest BCUT2D eigenvalue weighted by atomic mass is 127. The summed E-state index contributed by atoms with van der Waals surface area (Å²) in [6.07, 6.45) is 2.19. The molecule has 192 valence electrons. The number of imide groups is 1. The lowest BCUT2D eigenvalue weighted by atomic mass is 9.98. The van der Waals surface area contributed by atoms with Gasteiger partial charge in [-0.3, -0.25) is 29.0 Å². The molecule has 0 aromatic heterocycles. The highest BCUT2D eigenvalue weighted by Gasteiger charge is 2.55. The lowest BCUT2D eigenvalue weighted by molar-refractivity contribution is -0.133. The normalized spacial score (nSPS) is 22.6. The lowest BCUT2D eigenvalue weighted by Gasteiger charge is -2.40. The number of carbonyl (C=O) groups is 4. The Bertz CT molecular complexity index is 1460. The fourth-order valence-corrected chi connectivity index (χ4v) is 7.44. The van der Waals surface area contributed by atoms with Gasteiger partial charge in [0.2, 0.25) is 17.7 Å². The summed E-state index contributed by atoms with van der Waals surface area (Å²) < 4.78 is -0.798. The molecule has 8 heteroatoms. The van der Waals surface area contributed by atoms with Crippen LogP contribution in [0.4, 0.5) is 11.4 Å². The number of rotatable bonds is 4. The summed E-state index contributed by atoms with van der Waals surface area (Å²) in [5.41, 5.74) is 3.40. The summed E-state index contributed by atoms with van der Waals surface area (Å²) in [6, 6.07) is 24.3. The van der Waals surface area contributed by atoms with Crippen molar-refractivity contribution in [2.45, 2.75) is 35.8 Å². The van der Waals surface area contributed by atoms with Gasteiger partial charge in [-0.2, -0.15) is 0 Å². The van der Waals surface area contributed by atoms with Gasteiger partial charge >= 0.3 is 0 Å². The molecule has 1 aliphatic carbocycles. The molecule has 0 saturated heterocycles. The summed E-state index contributed by atoms with van der Waals surface area (Å²) in [7, 11) is 0. The van der Waals surface area contributed by atoms with Gasteiger partial charge in [0.1, 0.15) is 10.1 Å². The largest absolute Gasteiger partial charge is 0.306 e. The zero-order valence-corrected chi connectivity index (χ0v) is 22.8. The van der Waals surface area contributed by atoms with E-state index in [1.54, 1.807) is 34.1 Å². The van der Waals surface area contributed by atoms with Crippen LogP contribution in [0.1, 0.15) is 40.7 Å². The minimum atomic E-state index is -0.798. The number of para-hydroxylation sites is 2. The third-order valence-corrected chi connectivity index (χ3v) is 9.54. The third-order valence-electron chi connectivity index (χ3n) is 7.77. The van der Waals surface area contributed by atoms with E-state index in [4.69, 9.17) is 0 Å². The minimum Gasteiger partial charge on any atom is -0.306 e. The molecule has 3 aromatic rings. The van der Waals surface area contributed by atoms with Crippen molar-refractivity contribution in [1.82, 2.24) is 4.90 Å². The van der Waals surface area contributed by atoms with Crippen LogP contribution in [0.3, 0.4) is 0 Å². The van der Waals surface area contributed by atoms with E-state index in [1.807, 2.05) is 54.6 Å². The van der Waals surface area contributed by atoms with Gasteiger partial charge in [-0.05, 0) is 48.6 Å². The van der Waals surface area contributed by atoms with Gasteiger partial charge in [-0.1, -0.05) is 83.3 Å². The molecule has 0 bridgehead atoms. The molecule has 0 spiro atoms. The second kappa shape index (κ2) is 9.65. The van der Waals surface area contributed by atoms with Crippen molar-refractivity contribution in [3.05, 3.63) is 95.6 Å². The number of alkyl halides is 1. The first-order valence-corrected chi connectivity index (χ1v) is 13.9. The Hall–Kier alpha value is -3.53. The quantitative estimate of drug-likeness (QED) is 0.183. The van der Waals surface area contributed by atoms with Crippen LogP contribution in [0.25, 0.3) is 0 Å². The van der Waals surface area contributed by atoms with Crippen molar-refractivity contribution >= 4 is 57.6 Å². The van der Waals surface area contributed by atoms with Gasteiger partial charge in [-0.25, -0.2) is 0 Å². The van der Waals surface area contributed by atoms with E-state index in [2.05, 4.69) is 22.6 Å². The predicted octanol–water partition coefficient (Wildman–Crippen LogP) is 4.72. The van der Waals surface area contributed by atoms with Gasteiger partial charge in [-0.15, -0.1) is 0 Å². The number of hydrogen-bond donors (Lipinski definition) is 0. The first kappa shape index (κ1) is 24.8. The number of nitrogens with zero attached hydrogens (tertiary/aromatic N) is 3. The minimum absolute atomic E-state index is 0.0115. The molecule has 1 fully saturated rings. The van der Waals surface area contributed by atoms with Gasteiger partial charge in [0, 0.05) is 5.56 Å². The maximum absolute atomic E-state index is 14.1. The van der Waals surface area contributed by atoms with Crippen LogP contribution in [0.15, 0.2) is 78.9 Å². The average molecular weight is 619 g/mol. The molecule has 1 saturated carbocycles. The number of hydrogen-bond acceptors (Lipinski definition) is 4. The van der Waals surface area contributed by atoms with Crippen molar-refractivity contribution in [3.8, 4) is 0 Å². The lowest BCUT2D eigenvalue weighted by Crippen LogP contribution is -2.56. The van der Waals surface area contributed by atoms with Crippen LogP contribution in [0.5, 0.6) is 0 Å². The van der Waals surface area contributed by atoms with Crippen molar-refractivity contribution in [2.75, 3.05) is 16.3 Å². The SMILES string of the molecule is O=C1Cc2ccccc2C(=O)N1CC(=O)N1c2ccccc2N(Cc2ccccc2)C(=O)[C@H]2CCCC21I. The number of anilines is 2. The zero-order valence-electron chi connectivity index (χ0n) is 20.7. The molecule has 1 unspecified atom stereocenters. The number of carbonyl (C=O) groups excluding carboxylic acids is 4. The van der Waals surface area contributed by atoms with Crippen LogP contribution in [0.2, 0.25) is 0 Å². The fourth-order valence-electron chi connectivity index (χ4n) is 5.96. The summed E-state index contributed by atoms with van der Waals surface area (Å²) in [6.45, 7) is 0.0203. The number of fused-ring (bicyclic) bond motifs is 3. The number of halogens is 1. The molecule has 0 radical (unpaired) electrons. The van der Waals surface area contributed by atoms with Crippen molar-refractivity contribution < 1.29 is 19.2 Å². The van der Waals surface area contributed by atoms with Gasteiger partial charge in [0.25, 0.3) is 5.91 Å². The molecule has 7 nitrogen and oxygen atoms in total. The van der Waals surface area contributed by atoms with Gasteiger partial charge in [0.15, 0.2) is 0 Å². The first-order valence-electron chi connectivity index (χ1n) is 12.8. The van der Waals surface area contributed by atoms with E-state index in [0.717, 1.165) is 16.9 Å². The average Bonchev–Trinajstić information content (AvgIpc) is 3.29. The Morgan fingerprint density at radius 1 is 0.868 bits per heavy atom. The maximum Gasteiger partial charge on any atom is 0.261 e. The van der Waals surface area contributed by atoms with Crippen LogP contribution in [0, 0.1) is 5.92 Å². The van der Waals surface area contributed by atoms with E-state index in [-0.39, 0.29) is 24.8 Å². The summed E-state index contributed by atoms with van der Waals surface area (Å²) in [5, 5.41) is 0. The van der Waals surface area contributed by atoms with E-state index >= 15 is 0 Å². The summed E-state index contributed by atoms with van der Waals surface area (Å²) in [5.74, 6) is -1.63. The highest BCUT2D eigenvalue weighted by molar-refractivity contribution is 14.1. The molecule has 2 atom stereocenters. The third kappa shape index (κ3) is 4.02. The number of benzene rings is 3. The Morgan fingerprint density at radius 2 is 1.55 bits per heavy atom. The van der Waals surface area contributed by atoms with E-state index in [1.165, 1.54) is 0 Å². The second-order valence-electron chi connectivity index (χ2n) is 10.0. The van der Waals surface area contributed by atoms with Crippen molar-refractivity contribution in [3.63, 3.8) is 0 Å². The Labute approximate surface area is 234 Å². The Morgan fingerprint density at radius 3 is 2.34 bits per heavy atom. The molecule has 38 heavy (non-hydrogen) atoms. The molecule has 6 rings (SSSR count). The highest BCUT2D eigenvalue weighted by Crippen LogP contribution is 2.53. The smallest absolute Gasteiger partial charge is 0.261 e. The monoisotopic (exact) mass is 619 g/mol. The van der Waals surface area contributed by atoms with Crippen LogP contribution in [-0.2, 0) is 27.3 Å². The molecule has 2 heterocycles. The van der Waals surface area contributed by atoms with Crippen LogP contribution in [-0.4, -0.2) is 38.6 Å². The molecule has 3 aliphatic rings. The van der Waals surface area contributed by atoms with E-state index < -0.39 is 21.3 Å². The second-order valence-corrected chi connectivity index (χ2v) is 11.9. The predicted molar refractivity (Wildman–Crippen MR) is 152 cm³/mol. The van der Waals surface area contributed by atoms with E-state index in [0.29, 0.717) is 41.9 Å². The van der Waals surface area contributed by atoms with Crippen molar-refractivity contribution in [2.24, 2.45) is 5.92 Å². The Kier molecular flexibility index (Phi) is 6.29. The molecule has 3 aromatic carbocycles. The maximum atomic E-state index is 14.1. The topological polar surface area (TPSA) is 78.0 Å². The van der Waals surface area contributed by atoms with E-state index in [9.17, 15) is 19.2 Å². The molecule has 4 amide bonds. The first-order chi connectivity index (χ1) is 18.4. The van der Waals surface area contributed by atoms with Gasteiger partial charge in [0.05, 0.1) is 30.3 Å². The summed E-state index contributed by atoms with van der Waals surface area (Å²) >= 11 is 2.27. The fraction of sp³-hybridized carbons (Fsp3) is 0.267. The van der Waals surface area contributed by atoms with Crippen molar-refractivity contribution in [1.29, 1.82) is 0 Å². The standard InChI is InChI=1S/C30H26IN3O4/c31-30-16-8-13-23(30)29(38)32(18-20-9-2-1-3-10-20)24-14-6-7-15-25(24)34(30)27(36)19-33-26(35)17-21-11-4-5-12-22(21)28(33)37/h1-7,9-12,14-15,23H,8,13,16-19H2/t23-,30?/m1/s1. The molecular weight excluding hydrogens is 593 g/mol. The Balaban J connectivity index is 1.40. The van der Waals surface area contributed by atoms with Crippen LogP contribution < -0.4 is 9.80 Å². The van der Waals surface area contributed by atoms with Crippen LogP contribution >= 0.6 is 22.6 Å².